The Labute approximate surface area is 403 Å². The maximum Gasteiger partial charge on any atom is 0.333 e. The number of carbonyl (C=O) groups excluding carboxylic acids is 2. The van der Waals surface area contributed by atoms with Crippen molar-refractivity contribution >= 4 is 41.0 Å². The zero-order valence-corrected chi connectivity index (χ0v) is 41.8. The lowest BCUT2D eigenvalue weighted by Crippen LogP contribution is -2.75. The van der Waals surface area contributed by atoms with E-state index < -0.39 is 70.8 Å². The molecule has 2 aromatic rings. The Bertz CT molecular complexity index is 2620. The molecular formula is C54H65NO12S. The Kier molecular flexibility index (Phi) is 11.5. The number of esters is 1. The second-order valence-electron chi connectivity index (χ2n) is 21.4. The number of aliphatic hydroxyl groups is 2. The summed E-state index contributed by atoms with van der Waals surface area (Å²) in [5, 5.41) is 27.3. The lowest BCUT2D eigenvalue weighted by molar-refractivity contribution is -0.373. The minimum absolute atomic E-state index is 0.0580. The standard InChI is InChI=1S/C54H65NO12S/c1-27(2)15-14-22-52(10)23-21-31-42(65-52)30(19-18-28(3)4)44-37(43(31)63-49-41(57)40(56)45-34(62-49)26-61-51(8,9)64-45)39-38-46(68-35-17-13-12-16-33(35)55-39)32-25-36-50(6,7)67-53(47(32)58,54(36,38)66-44)24-20-29(5)48(59)60-11/h12-13,15-18,20-21,23,32,34,36,40-41,45-46,49,55-57H,14,19,22,24-26H2,1-11H3/b29-20-/t32?,34-,36?,40-,41-,45-,46?,49+,52?,53?,54?/m0/s1. The summed E-state index contributed by atoms with van der Waals surface area (Å²) in [5.41, 5.74) is 2.44. The van der Waals surface area contributed by atoms with Gasteiger partial charge in [-0.15, -0.1) is 11.8 Å². The van der Waals surface area contributed by atoms with Crippen molar-refractivity contribution in [2.45, 2.75) is 170 Å². The molecule has 0 radical (unpaired) electrons. The van der Waals surface area contributed by atoms with Gasteiger partial charge in [0.25, 0.3) is 0 Å². The van der Waals surface area contributed by atoms with Gasteiger partial charge in [0, 0.05) is 45.1 Å². The van der Waals surface area contributed by atoms with Gasteiger partial charge in [-0.05, 0) is 119 Å². The average molecular weight is 952 g/mol. The summed E-state index contributed by atoms with van der Waals surface area (Å²) in [5.74, 6) is -1.07. The van der Waals surface area contributed by atoms with Crippen LogP contribution in [0.2, 0.25) is 0 Å². The Morgan fingerprint density at radius 2 is 1.72 bits per heavy atom. The summed E-state index contributed by atoms with van der Waals surface area (Å²) in [7, 11) is 1.34. The maximum absolute atomic E-state index is 15.7. The zero-order valence-electron chi connectivity index (χ0n) is 40.9. The fourth-order valence-electron chi connectivity index (χ4n) is 12.0. The number of methoxy groups -OCH3 is 1. The number of thioether (sulfide) groups is 1. The Hall–Kier alpha value is -4.41. The summed E-state index contributed by atoms with van der Waals surface area (Å²) in [6.45, 7) is 19.7. The number of nitrogens with one attached hydrogen (secondary N) is 1. The van der Waals surface area contributed by atoms with Crippen LogP contribution in [-0.2, 0) is 39.7 Å². The number of ketones is 1. The van der Waals surface area contributed by atoms with Gasteiger partial charge in [-0.1, -0.05) is 41.5 Å². The van der Waals surface area contributed by atoms with Crippen LogP contribution in [0.15, 0.2) is 75.8 Å². The van der Waals surface area contributed by atoms with Crippen LogP contribution in [0.1, 0.15) is 112 Å². The van der Waals surface area contributed by atoms with Crippen molar-refractivity contribution in [3.8, 4) is 17.2 Å². The molecule has 13 nitrogen and oxygen atoms in total. The molecule has 1 spiro atoms. The van der Waals surface area contributed by atoms with E-state index >= 15 is 4.79 Å². The third-order valence-electron chi connectivity index (χ3n) is 15.3. The van der Waals surface area contributed by atoms with E-state index in [0.29, 0.717) is 58.9 Å². The summed E-state index contributed by atoms with van der Waals surface area (Å²) < 4.78 is 53.5. The molecule has 0 amide bonds. The molecule has 6 fully saturated rings. The van der Waals surface area contributed by atoms with Crippen molar-refractivity contribution in [1.29, 1.82) is 0 Å². The Morgan fingerprint density at radius 1 is 0.971 bits per heavy atom. The number of anilines is 1. The lowest BCUT2D eigenvalue weighted by Gasteiger charge is -2.61. The van der Waals surface area contributed by atoms with Gasteiger partial charge in [-0.25, -0.2) is 4.79 Å². The second-order valence-corrected chi connectivity index (χ2v) is 22.6. The molecule has 2 aromatic carbocycles. The molecule has 68 heavy (non-hydrogen) atoms. The molecule has 0 aromatic heterocycles. The van der Waals surface area contributed by atoms with Crippen molar-refractivity contribution in [3.05, 3.63) is 87.6 Å². The largest absolute Gasteiger partial charge is 0.482 e. The summed E-state index contributed by atoms with van der Waals surface area (Å²) >= 11 is 1.64. The molecule has 3 saturated heterocycles. The first kappa shape index (κ1) is 47.3. The van der Waals surface area contributed by atoms with Crippen LogP contribution in [0, 0.1) is 11.8 Å². The van der Waals surface area contributed by atoms with Crippen molar-refractivity contribution < 1.29 is 57.7 Å². The van der Waals surface area contributed by atoms with Gasteiger partial charge < -0.3 is 53.4 Å². The molecule has 3 saturated carbocycles. The first-order chi connectivity index (χ1) is 32.1. The van der Waals surface area contributed by atoms with E-state index in [2.05, 4.69) is 64.2 Å². The minimum atomic E-state index is -1.56. The van der Waals surface area contributed by atoms with E-state index in [-0.39, 0.29) is 30.0 Å². The third-order valence-corrected chi connectivity index (χ3v) is 16.7. The fraction of sp³-hybridized carbons (Fsp3) is 0.556. The number of allylic oxidation sites excluding steroid dienone is 4. The number of ether oxygens (including phenoxy) is 8. The summed E-state index contributed by atoms with van der Waals surface area (Å²) in [6, 6.07) is 8.08. The van der Waals surface area contributed by atoms with Crippen LogP contribution in [0.5, 0.6) is 17.2 Å². The van der Waals surface area contributed by atoms with Crippen LogP contribution in [0.4, 0.5) is 5.69 Å². The zero-order chi connectivity index (χ0) is 48.5. The molecule has 6 heterocycles. The van der Waals surface area contributed by atoms with Crippen LogP contribution in [0.3, 0.4) is 0 Å². The number of hydrogen-bond donors (Lipinski definition) is 3. The molecule has 9 aliphatic rings. The number of rotatable bonds is 10. The van der Waals surface area contributed by atoms with E-state index in [1.807, 2.05) is 38.1 Å². The minimum Gasteiger partial charge on any atom is -0.482 e. The number of fused-ring (bicyclic) bond motifs is 5. The van der Waals surface area contributed by atoms with Crippen molar-refractivity contribution in [2.75, 3.05) is 19.0 Å². The molecule has 11 atom stereocenters. The monoisotopic (exact) mass is 951 g/mol. The Balaban J connectivity index is 1.26. The topological polar surface area (TPSA) is 160 Å². The molecule has 14 heteroatoms. The second kappa shape index (κ2) is 16.6. The van der Waals surface area contributed by atoms with Gasteiger partial charge >= 0.3 is 5.97 Å². The van der Waals surface area contributed by atoms with Gasteiger partial charge in [-0.3, -0.25) is 4.79 Å². The molecule has 4 bridgehead atoms. The SMILES string of the molecule is COC(=O)/C(C)=C\CC12OC(C)(C)C3CC(C1=O)C1Sc4ccccc4NC4=C1C32Oc1c(CC=C(C)C)c2c(c(O[C@H]3O[C@H]5COC(C)(C)O[C@@H]5[C@@H](O)[C@@H]3O)c14)C=CC(C)(CCC=C(C)C)O2. The van der Waals surface area contributed by atoms with Gasteiger partial charge in [0.15, 0.2) is 22.8 Å². The number of para-hydroxylation sites is 1. The quantitative estimate of drug-likeness (QED) is 0.118. The lowest BCUT2D eigenvalue weighted by atomic mass is 9.49. The van der Waals surface area contributed by atoms with Crippen LogP contribution < -0.4 is 19.5 Å². The van der Waals surface area contributed by atoms with E-state index in [4.69, 9.17) is 37.9 Å². The molecule has 3 N–H and O–H groups in total. The maximum atomic E-state index is 15.7. The van der Waals surface area contributed by atoms with Crippen LogP contribution in [0.25, 0.3) is 11.8 Å². The van der Waals surface area contributed by atoms with Gasteiger partial charge in [0.05, 0.1) is 41.8 Å². The molecule has 11 rings (SSSR count). The first-order valence-electron chi connectivity index (χ1n) is 24.0. The molecule has 3 aliphatic carbocycles. The normalized spacial score (nSPS) is 35.2. The van der Waals surface area contributed by atoms with Crippen molar-refractivity contribution in [2.24, 2.45) is 11.8 Å². The van der Waals surface area contributed by atoms with Gasteiger partial charge in [-0.2, -0.15) is 0 Å². The molecule has 6 aliphatic heterocycles. The third kappa shape index (κ3) is 7.25. The number of benzene rings is 2. The predicted octanol–water partition coefficient (Wildman–Crippen LogP) is 8.79. The first-order valence-corrected chi connectivity index (χ1v) is 24.9. The number of hydrogen-bond acceptors (Lipinski definition) is 14. The van der Waals surface area contributed by atoms with Crippen LogP contribution in [-0.4, -0.2) is 99.8 Å². The van der Waals surface area contributed by atoms with E-state index in [1.165, 1.54) is 12.7 Å². The number of carbonyl (C=O) groups is 2. The summed E-state index contributed by atoms with van der Waals surface area (Å²) in [4.78, 5) is 29.7. The highest BCUT2D eigenvalue weighted by atomic mass is 32.2. The Morgan fingerprint density at radius 3 is 2.46 bits per heavy atom. The summed E-state index contributed by atoms with van der Waals surface area (Å²) in [6.07, 6.45) is 6.68. The highest BCUT2D eigenvalue weighted by molar-refractivity contribution is 8.00. The van der Waals surface area contributed by atoms with Gasteiger partial charge in [0.2, 0.25) is 6.29 Å². The van der Waals surface area contributed by atoms with Crippen molar-refractivity contribution in [3.63, 3.8) is 0 Å². The van der Waals surface area contributed by atoms with E-state index in [1.54, 1.807) is 38.6 Å². The highest BCUT2D eigenvalue weighted by Crippen LogP contribution is 2.73. The highest BCUT2D eigenvalue weighted by Gasteiger charge is 2.83. The van der Waals surface area contributed by atoms with E-state index in [0.717, 1.165) is 33.7 Å². The van der Waals surface area contributed by atoms with Crippen molar-refractivity contribution in [1.82, 2.24) is 0 Å². The predicted molar refractivity (Wildman–Crippen MR) is 257 cm³/mol. The number of Topliss-reactive ketones (excluding diaryl/α,β-unsaturated/α-hetero) is 1. The number of aliphatic hydroxyl groups excluding tert-OH is 2. The van der Waals surface area contributed by atoms with Gasteiger partial charge in [0.1, 0.15) is 47.3 Å². The smallest absolute Gasteiger partial charge is 0.333 e. The molecule has 364 valence electrons. The fourth-order valence-corrected chi connectivity index (χ4v) is 13.5. The van der Waals surface area contributed by atoms with E-state index in [9.17, 15) is 15.0 Å². The van der Waals surface area contributed by atoms with Crippen LogP contribution >= 0.6 is 11.8 Å². The molecule has 6 unspecified atom stereocenters. The molecular weight excluding hydrogens is 887 g/mol. The average Bonchev–Trinajstić information content (AvgIpc) is 3.36.